The molecule has 5 heteroatoms. The van der Waals surface area contributed by atoms with Crippen LogP contribution in [0.25, 0.3) is 0 Å². The van der Waals surface area contributed by atoms with E-state index in [1.54, 1.807) is 12.1 Å². The predicted octanol–water partition coefficient (Wildman–Crippen LogP) is 3.21. The third kappa shape index (κ3) is 5.74. The lowest BCUT2D eigenvalue weighted by atomic mass is 10.2. The van der Waals surface area contributed by atoms with Gasteiger partial charge in [-0.15, -0.1) is 0 Å². The molecule has 0 saturated heterocycles. The van der Waals surface area contributed by atoms with Gasteiger partial charge in [-0.1, -0.05) is 37.9 Å². The molecule has 0 aliphatic heterocycles. The lowest BCUT2D eigenvalue weighted by Crippen LogP contribution is -2.21. The Labute approximate surface area is 114 Å². The van der Waals surface area contributed by atoms with Gasteiger partial charge in [0.1, 0.15) is 0 Å². The molecule has 1 aromatic rings. The SMILES string of the molecule is CCC(C)CS(=O)(=O)CCNc1cccc(Cl)c1. The van der Waals surface area contributed by atoms with Gasteiger partial charge in [0.05, 0.1) is 11.5 Å². The summed E-state index contributed by atoms with van der Waals surface area (Å²) in [5.74, 6) is 0.645. The van der Waals surface area contributed by atoms with Crippen molar-refractivity contribution < 1.29 is 8.42 Å². The van der Waals surface area contributed by atoms with Crippen LogP contribution < -0.4 is 5.32 Å². The fraction of sp³-hybridized carbons (Fsp3) is 0.538. The van der Waals surface area contributed by atoms with Gasteiger partial charge in [-0.25, -0.2) is 8.42 Å². The molecular weight excluding hydrogens is 270 g/mol. The molecule has 0 bridgehead atoms. The van der Waals surface area contributed by atoms with E-state index in [2.05, 4.69) is 5.32 Å². The molecule has 0 spiro atoms. The van der Waals surface area contributed by atoms with Crippen LogP contribution >= 0.6 is 11.6 Å². The first kappa shape index (κ1) is 15.3. The van der Waals surface area contributed by atoms with Crippen molar-refractivity contribution in [1.82, 2.24) is 0 Å². The number of halogens is 1. The molecule has 1 atom stereocenters. The van der Waals surface area contributed by atoms with Crippen LogP contribution in [0.3, 0.4) is 0 Å². The summed E-state index contributed by atoms with van der Waals surface area (Å²) >= 11 is 5.84. The maximum atomic E-state index is 11.8. The largest absolute Gasteiger partial charge is 0.384 e. The lowest BCUT2D eigenvalue weighted by molar-refractivity contribution is 0.564. The zero-order chi connectivity index (χ0) is 13.6. The Balaban J connectivity index is 2.42. The molecule has 0 saturated carbocycles. The average Bonchev–Trinajstić information content (AvgIpc) is 2.28. The van der Waals surface area contributed by atoms with Crippen LogP contribution in [0, 0.1) is 5.92 Å². The van der Waals surface area contributed by atoms with E-state index in [4.69, 9.17) is 11.6 Å². The summed E-state index contributed by atoms with van der Waals surface area (Å²) in [6.07, 6.45) is 0.890. The molecule has 3 nitrogen and oxygen atoms in total. The van der Waals surface area contributed by atoms with Crippen molar-refractivity contribution in [2.45, 2.75) is 20.3 Å². The molecule has 1 rings (SSSR count). The summed E-state index contributed by atoms with van der Waals surface area (Å²) < 4.78 is 23.6. The number of sulfone groups is 1. The number of rotatable bonds is 7. The second kappa shape index (κ2) is 7.00. The normalized spacial score (nSPS) is 13.3. The van der Waals surface area contributed by atoms with Crippen molar-refractivity contribution in [3.05, 3.63) is 29.3 Å². The van der Waals surface area contributed by atoms with Crippen molar-refractivity contribution in [2.24, 2.45) is 5.92 Å². The van der Waals surface area contributed by atoms with Crippen LogP contribution in [-0.2, 0) is 9.84 Å². The molecule has 0 radical (unpaired) electrons. The number of nitrogens with one attached hydrogen (secondary N) is 1. The van der Waals surface area contributed by atoms with E-state index >= 15 is 0 Å². The third-order valence-electron chi connectivity index (χ3n) is 2.80. The molecule has 102 valence electrons. The molecule has 1 aromatic carbocycles. The maximum Gasteiger partial charge on any atom is 0.152 e. The Morgan fingerprint density at radius 1 is 1.39 bits per heavy atom. The van der Waals surface area contributed by atoms with Gasteiger partial charge >= 0.3 is 0 Å². The molecular formula is C13H20ClNO2S. The second-order valence-corrected chi connectivity index (χ2v) is 7.23. The topological polar surface area (TPSA) is 46.2 Å². The Morgan fingerprint density at radius 2 is 2.11 bits per heavy atom. The minimum Gasteiger partial charge on any atom is -0.384 e. The first-order valence-electron chi connectivity index (χ1n) is 6.13. The Kier molecular flexibility index (Phi) is 5.96. The molecule has 0 amide bonds. The average molecular weight is 290 g/mol. The molecule has 0 aliphatic rings. The van der Waals surface area contributed by atoms with E-state index in [1.165, 1.54) is 0 Å². The molecule has 1 N–H and O–H groups in total. The molecule has 0 heterocycles. The number of hydrogen-bond donors (Lipinski definition) is 1. The number of benzene rings is 1. The van der Waals surface area contributed by atoms with E-state index in [0.29, 0.717) is 11.6 Å². The van der Waals surface area contributed by atoms with Crippen LogP contribution in [0.15, 0.2) is 24.3 Å². The summed E-state index contributed by atoms with van der Waals surface area (Å²) in [5, 5.41) is 3.71. The summed E-state index contributed by atoms with van der Waals surface area (Å²) in [4.78, 5) is 0. The van der Waals surface area contributed by atoms with Gasteiger partial charge in [0.15, 0.2) is 9.84 Å². The number of hydrogen-bond acceptors (Lipinski definition) is 3. The summed E-state index contributed by atoms with van der Waals surface area (Å²) in [6.45, 7) is 4.38. The molecule has 0 fully saturated rings. The van der Waals surface area contributed by atoms with Crippen molar-refractivity contribution in [1.29, 1.82) is 0 Å². The molecule has 18 heavy (non-hydrogen) atoms. The lowest BCUT2D eigenvalue weighted by Gasteiger charge is -2.10. The zero-order valence-corrected chi connectivity index (χ0v) is 12.4. The zero-order valence-electron chi connectivity index (χ0n) is 10.8. The quantitative estimate of drug-likeness (QED) is 0.838. The van der Waals surface area contributed by atoms with E-state index in [-0.39, 0.29) is 17.4 Å². The van der Waals surface area contributed by atoms with Crippen LogP contribution in [0.2, 0.25) is 5.02 Å². The third-order valence-corrected chi connectivity index (χ3v) is 4.94. The minimum absolute atomic E-state index is 0.157. The van der Waals surface area contributed by atoms with Gasteiger partial charge in [-0.3, -0.25) is 0 Å². The summed E-state index contributed by atoms with van der Waals surface area (Å²) in [6, 6.07) is 7.26. The number of anilines is 1. The van der Waals surface area contributed by atoms with Gasteiger partial charge in [-0.2, -0.15) is 0 Å². The first-order valence-corrected chi connectivity index (χ1v) is 8.32. The van der Waals surface area contributed by atoms with E-state index in [9.17, 15) is 8.42 Å². The van der Waals surface area contributed by atoms with Crippen LogP contribution in [0.5, 0.6) is 0 Å². The smallest absolute Gasteiger partial charge is 0.152 e. The van der Waals surface area contributed by atoms with Crippen LogP contribution in [0.1, 0.15) is 20.3 Å². The van der Waals surface area contributed by atoms with Crippen molar-refractivity contribution >= 4 is 27.1 Å². The van der Waals surface area contributed by atoms with Crippen molar-refractivity contribution in [3.63, 3.8) is 0 Å². The minimum atomic E-state index is -2.97. The van der Waals surface area contributed by atoms with E-state index in [0.717, 1.165) is 12.1 Å². The fourth-order valence-corrected chi connectivity index (χ4v) is 3.46. The van der Waals surface area contributed by atoms with Crippen molar-refractivity contribution in [3.8, 4) is 0 Å². The van der Waals surface area contributed by atoms with Gasteiger partial charge in [0.2, 0.25) is 0 Å². The van der Waals surface area contributed by atoms with Crippen LogP contribution in [-0.4, -0.2) is 26.5 Å². The summed E-state index contributed by atoms with van der Waals surface area (Å²) in [7, 11) is -2.97. The van der Waals surface area contributed by atoms with Crippen LogP contribution in [0.4, 0.5) is 5.69 Å². The highest BCUT2D eigenvalue weighted by Crippen LogP contribution is 2.14. The molecule has 0 aromatic heterocycles. The highest BCUT2D eigenvalue weighted by atomic mass is 35.5. The molecule has 0 aliphatic carbocycles. The monoisotopic (exact) mass is 289 g/mol. The second-order valence-electron chi connectivity index (χ2n) is 4.56. The summed E-state index contributed by atoms with van der Waals surface area (Å²) in [5.41, 5.74) is 0.848. The van der Waals surface area contributed by atoms with Crippen molar-refractivity contribution in [2.75, 3.05) is 23.4 Å². The van der Waals surface area contributed by atoms with Gasteiger partial charge in [0.25, 0.3) is 0 Å². The van der Waals surface area contributed by atoms with Gasteiger partial charge in [-0.05, 0) is 24.1 Å². The van der Waals surface area contributed by atoms with Gasteiger partial charge < -0.3 is 5.32 Å². The van der Waals surface area contributed by atoms with E-state index < -0.39 is 9.84 Å². The fourth-order valence-electron chi connectivity index (χ4n) is 1.58. The highest BCUT2D eigenvalue weighted by Gasteiger charge is 2.14. The highest BCUT2D eigenvalue weighted by molar-refractivity contribution is 7.91. The Morgan fingerprint density at radius 3 is 2.72 bits per heavy atom. The standard InChI is InChI=1S/C13H20ClNO2S/c1-3-11(2)10-18(16,17)8-7-15-13-6-4-5-12(14)9-13/h4-6,9,11,15H,3,7-8,10H2,1-2H3. The van der Waals surface area contributed by atoms with Gasteiger partial charge in [0, 0.05) is 17.3 Å². The first-order chi connectivity index (χ1) is 8.43. The van der Waals surface area contributed by atoms with E-state index in [1.807, 2.05) is 26.0 Å². The predicted molar refractivity (Wildman–Crippen MR) is 78.1 cm³/mol. The Hall–Kier alpha value is -0.740. The molecule has 1 unspecified atom stereocenters. The Bertz CT molecular complexity index is 474. The maximum absolute atomic E-state index is 11.8.